The van der Waals surface area contributed by atoms with Crippen molar-refractivity contribution in [1.82, 2.24) is 15.2 Å². The maximum atomic E-state index is 4.21. The van der Waals surface area contributed by atoms with Gasteiger partial charge < -0.3 is 0 Å². The third-order valence-corrected chi connectivity index (χ3v) is 3.69. The first kappa shape index (κ1) is 13.6. The van der Waals surface area contributed by atoms with Gasteiger partial charge in [-0.2, -0.15) is 5.10 Å². The van der Waals surface area contributed by atoms with Crippen molar-refractivity contribution in [2.45, 2.75) is 19.8 Å². The van der Waals surface area contributed by atoms with Gasteiger partial charge in [-0.15, -0.1) is 0 Å². The first-order valence-corrected chi connectivity index (χ1v) is 7.29. The van der Waals surface area contributed by atoms with Crippen molar-refractivity contribution < 1.29 is 0 Å². The summed E-state index contributed by atoms with van der Waals surface area (Å²) >= 11 is 0. The number of benzene rings is 1. The zero-order valence-electron chi connectivity index (χ0n) is 12.2. The maximum absolute atomic E-state index is 4.21. The van der Waals surface area contributed by atoms with Gasteiger partial charge in [0.25, 0.3) is 0 Å². The SMILES string of the molecule is CC(Cc1ccccc1)Cc1[nH]ncc1-c1ccncc1. The second kappa shape index (κ2) is 6.35. The average molecular weight is 277 g/mol. The Balaban J connectivity index is 1.73. The molecule has 0 spiro atoms. The quantitative estimate of drug-likeness (QED) is 0.768. The molecule has 0 saturated heterocycles. The summed E-state index contributed by atoms with van der Waals surface area (Å²) in [4.78, 5) is 4.07. The predicted octanol–water partition coefficient (Wildman–Crippen LogP) is 3.89. The van der Waals surface area contributed by atoms with Crippen LogP contribution in [0.5, 0.6) is 0 Å². The van der Waals surface area contributed by atoms with E-state index in [-0.39, 0.29) is 0 Å². The summed E-state index contributed by atoms with van der Waals surface area (Å²) in [6, 6.07) is 14.7. The standard InChI is InChI=1S/C18H19N3/c1-14(11-15-5-3-2-4-6-15)12-18-17(13-20-21-18)16-7-9-19-10-8-16/h2-10,13-14H,11-12H2,1H3,(H,20,21). The summed E-state index contributed by atoms with van der Waals surface area (Å²) in [5, 5.41) is 7.36. The number of hydrogen-bond acceptors (Lipinski definition) is 2. The summed E-state index contributed by atoms with van der Waals surface area (Å²) in [7, 11) is 0. The van der Waals surface area contributed by atoms with Crippen LogP contribution in [-0.2, 0) is 12.8 Å². The Hall–Kier alpha value is -2.42. The third-order valence-electron chi connectivity index (χ3n) is 3.69. The van der Waals surface area contributed by atoms with Crippen LogP contribution < -0.4 is 0 Å². The molecule has 0 amide bonds. The molecular formula is C18H19N3. The molecule has 2 aromatic heterocycles. The summed E-state index contributed by atoms with van der Waals surface area (Å²) in [6.45, 7) is 2.28. The third kappa shape index (κ3) is 3.37. The van der Waals surface area contributed by atoms with Gasteiger partial charge in [0, 0.05) is 23.7 Å². The summed E-state index contributed by atoms with van der Waals surface area (Å²) < 4.78 is 0. The molecule has 0 aliphatic carbocycles. The van der Waals surface area contributed by atoms with Crippen LogP contribution in [0.2, 0.25) is 0 Å². The Morgan fingerprint density at radius 3 is 2.52 bits per heavy atom. The number of pyridine rings is 1. The van der Waals surface area contributed by atoms with E-state index in [1.165, 1.54) is 22.4 Å². The lowest BCUT2D eigenvalue weighted by molar-refractivity contribution is 0.568. The van der Waals surface area contributed by atoms with Crippen LogP contribution in [0, 0.1) is 5.92 Å². The molecule has 2 heterocycles. The van der Waals surface area contributed by atoms with E-state index in [0.717, 1.165) is 12.8 Å². The lowest BCUT2D eigenvalue weighted by Crippen LogP contribution is -2.05. The maximum Gasteiger partial charge on any atom is 0.0568 e. The number of nitrogens with one attached hydrogen (secondary N) is 1. The highest BCUT2D eigenvalue weighted by Crippen LogP contribution is 2.24. The Kier molecular flexibility index (Phi) is 4.10. The van der Waals surface area contributed by atoms with E-state index in [9.17, 15) is 0 Å². The van der Waals surface area contributed by atoms with E-state index in [1.54, 1.807) is 0 Å². The first-order chi connectivity index (χ1) is 10.3. The molecule has 0 radical (unpaired) electrons. The number of rotatable bonds is 5. The molecular weight excluding hydrogens is 258 g/mol. The fourth-order valence-electron chi connectivity index (χ4n) is 2.69. The fraction of sp³-hybridized carbons (Fsp3) is 0.222. The number of H-pyrrole nitrogens is 1. The first-order valence-electron chi connectivity index (χ1n) is 7.29. The minimum Gasteiger partial charge on any atom is -0.282 e. The zero-order valence-corrected chi connectivity index (χ0v) is 12.2. The van der Waals surface area contributed by atoms with Crippen LogP contribution in [0.4, 0.5) is 0 Å². The van der Waals surface area contributed by atoms with E-state index in [1.807, 2.05) is 30.7 Å². The Morgan fingerprint density at radius 1 is 1.00 bits per heavy atom. The molecule has 3 aromatic rings. The fourth-order valence-corrected chi connectivity index (χ4v) is 2.69. The van der Waals surface area contributed by atoms with E-state index < -0.39 is 0 Å². The van der Waals surface area contributed by atoms with Crippen molar-refractivity contribution in [2.75, 3.05) is 0 Å². The van der Waals surface area contributed by atoms with E-state index >= 15 is 0 Å². The largest absolute Gasteiger partial charge is 0.282 e. The smallest absolute Gasteiger partial charge is 0.0568 e. The highest BCUT2D eigenvalue weighted by atomic mass is 15.1. The van der Waals surface area contributed by atoms with Crippen molar-refractivity contribution >= 4 is 0 Å². The van der Waals surface area contributed by atoms with Crippen LogP contribution in [0.25, 0.3) is 11.1 Å². The Bertz CT molecular complexity index is 674. The van der Waals surface area contributed by atoms with E-state index in [4.69, 9.17) is 0 Å². The minimum absolute atomic E-state index is 0.563. The highest BCUT2D eigenvalue weighted by molar-refractivity contribution is 5.64. The van der Waals surface area contributed by atoms with Crippen LogP contribution in [-0.4, -0.2) is 15.2 Å². The Morgan fingerprint density at radius 2 is 1.76 bits per heavy atom. The van der Waals surface area contributed by atoms with Crippen molar-refractivity contribution in [3.63, 3.8) is 0 Å². The molecule has 0 aliphatic heterocycles. The molecule has 3 nitrogen and oxygen atoms in total. The molecule has 1 aromatic carbocycles. The molecule has 106 valence electrons. The van der Waals surface area contributed by atoms with Gasteiger partial charge in [0.1, 0.15) is 0 Å². The molecule has 1 N–H and O–H groups in total. The topological polar surface area (TPSA) is 41.6 Å². The van der Waals surface area contributed by atoms with Crippen molar-refractivity contribution in [3.8, 4) is 11.1 Å². The lowest BCUT2D eigenvalue weighted by atomic mass is 9.94. The van der Waals surface area contributed by atoms with Gasteiger partial charge in [-0.25, -0.2) is 0 Å². The normalized spacial score (nSPS) is 12.2. The highest BCUT2D eigenvalue weighted by Gasteiger charge is 2.12. The summed E-state index contributed by atoms with van der Waals surface area (Å²) in [5.41, 5.74) is 4.93. The van der Waals surface area contributed by atoms with Crippen LogP contribution in [0.3, 0.4) is 0 Å². The number of aromatic nitrogens is 3. The molecule has 21 heavy (non-hydrogen) atoms. The van der Waals surface area contributed by atoms with Gasteiger partial charge >= 0.3 is 0 Å². The van der Waals surface area contributed by atoms with Crippen molar-refractivity contribution in [3.05, 3.63) is 72.3 Å². The second-order valence-corrected chi connectivity index (χ2v) is 5.50. The monoisotopic (exact) mass is 277 g/mol. The van der Waals surface area contributed by atoms with Gasteiger partial charge in [-0.3, -0.25) is 10.1 Å². The molecule has 0 aliphatic rings. The van der Waals surface area contributed by atoms with E-state index in [2.05, 4.69) is 52.4 Å². The van der Waals surface area contributed by atoms with Gasteiger partial charge in [0.2, 0.25) is 0 Å². The lowest BCUT2D eigenvalue weighted by Gasteiger charge is -2.11. The molecule has 0 bridgehead atoms. The summed E-state index contributed by atoms with van der Waals surface area (Å²) in [5.74, 6) is 0.563. The molecule has 0 fully saturated rings. The van der Waals surface area contributed by atoms with Gasteiger partial charge in [-0.1, -0.05) is 37.3 Å². The van der Waals surface area contributed by atoms with Crippen LogP contribution in [0.15, 0.2) is 61.1 Å². The van der Waals surface area contributed by atoms with Crippen LogP contribution >= 0.6 is 0 Å². The van der Waals surface area contributed by atoms with Gasteiger partial charge in [-0.05, 0) is 42.0 Å². The Labute approximate surface area is 125 Å². The van der Waals surface area contributed by atoms with Gasteiger partial charge in [0.15, 0.2) is 0 Å². The van der Waals surface area contributed by atoms with Crippen LogP contribution in [0.1, 0.15) is 18.2 Å². The number of aromatic amines is 1. The molecule has 1 unspecified atom stereocenters. The van der Waals surface area contributed by atoms with Gasteiger partial charge in [0.05, 0.1) is 6.20 Å². The predicted molar refractivity (Wildman–Crippen MR) is 84.8 cm³/mol. The van der Waals surface area contributed by atoms with E-state index in [0.29, 0.717) is 5.92 Å². The number of nitrogens with zero attached hydrogens (tertiary/aromatic N) is 2. The number of hydrogen-bond donors (Lipinski definition) is 1. The molecule has 3 heteroatoms. The minimum atomic E-state index is 0.563. The average Bonchev–Trinajstić information content (AvgIpc) is 2.97. The molecule has 0 saturated carbocycles. The zero-order chi connectivity index (χ0) is 14.5. The second-order valence-electron chi connectivity index (χ2n) is 5.50. The summed E-state index contributed by atoms with van der Waals surface area (Å²) in [6.07, 6.45) is 7.61. The van der Waals surface area contributed by atoms with Crippen molar-refractivity contribution in [1.29, 1.82) is 0 Å². The molecule has 3 rings (SSSR count). The molecule has 1 atom stereocenters. The van der Waals surface area contributed by atoms with Crippen molar-refractivity contribution in [2.24, 2.45) is 5.92 Å².